The van der Waals surface area contributed by atoms with Crippen LogP contribution in [0.1, 0.15) is 63.5 Å². The van der Waals surface area contributed by atoms with Crippen molar-refractivity contribution in [1.82, 2.24) is 0 Å². The van der Waals surface area contributed by atoms with Gasteiger partial charge in [-0.15, -0.1) is 0 Å². The Hall–Kier alpha value is -1.10. The van der Waals surface area contributed by atoms with Crippen LogP contribution >= 0.6 is 0 Å². The molecule has 0 aliphatic heterocycles. The maximum absolute atomic E-state index is 9.32. The fraction of sp³-hybridized carbons (Fsp3) is 0.700. The quantitative estimate of drug-likeness (QED) is 0.417. The number of hydrogen-bond donors (Lipinski definition) is 4. The van der Waals surface area contributed by atoms with Crippen molar-refractivity contribution in [2.24, 2.45) is 5.73 Å². The molecule has 1 rings (SSSR count). The van der Waals surface area contributed by atoms with E-state index >= 15 is 0 Å². The summed E-state index contributed by atoms with van der Waals surface area (Å²) >= 11 is 0. The topological polar surface area (TPSA) is 78.5 Å². The molecule has 1 aromatic carbocycles. The molecule has 5 N–H and O–H groups in total. The van der Waals surface area contributed by atoms with Gasteiger partial charge in [-0.1, -0.05) is 58.1 Å². The van der Waals surface area contributed by atoms with Gasteiger partial charge in [0.15, 0.2) is 0 Å². The van der Waals surface area contributed by atoms with Crippen LogP contribution < -0.4 is 11.1 Å². The van der Waals surface area contributed by atoms with E-state index in [9.17, 15) is 10.2 Å². The summed E-state index contributed by atoms with van der Waals surface area (Å²) in [6, 6.07) is 6.34. The SMILES string of the molecule is CCCCCCCCc1cccc(NCC(N)(CO)CO)c1CC. The van der Waals surface area contributed by atoms with Gasteiger partial charge in [-0.3, -0.25) is 0 Å². The lowest BCUT2D eigenvalue weighted by atomic mass is 9.96. The van der Waals surface area contributed by atoms with E-state index in [1.165, 1.54) is 49.7 Å². The molecule has 0 radical (unpaired) electrons. The van der Waals surface area contributed by atoms with Crippen LogP contribution in [0.15, 0.2) is 18.2 Å². The second kappa shape index (κ2) is 11.5. The van der Waals surface area contributed by atoms with E-state index < -0.39 is 5.54 Å². The van der Waals surface area contributed by atoms with Crippen LogP contribution in [-0.2, 0) is 12.8 Å². The summed E-state index contributed by atoms with van der Waals surface area (Å²) in [5.74, 6) is 0. The maximum Gasteiger partial charge on any atom is 0.0797 e. The molecule has 0 fully saturated rings. The largest absolute Gasteiger partial charge is 0.394 e. The molecule has 0 bridgehead atoms. The Morgan fingerprint density at radius 3 is 2.29 bits per heavy atom. The van der Waals surface area contributed by atoms with Crippen LogP contribution in [0.2, 0.25) is 0 Å². The molecule has 0 aromatic heterocycles. The Morgan fingerprint density at radius 1 is 1.00 bits per heavy atom. The highest BCUT2D eigenvalue weighted by atomic mass is 16.3. The first-order valence-corrected chi connectivity index (χ1v) is 9.45. The fourth-order valence-electron chi connectivity index (χ4n) is 2.98. The van der Waals surface area contributed by atoms with Gasteiger partial charge in [0.25, 0.3) is 0 Å². The monoisotopic (exact) mass is 336 g/mol. The Morgan fingerprint density at radius 2 is 1.67 bits per heavy atom. The molecule has 0 unspecified atom stereocenters. The molecular weight excluding hydrogens is 300 g/mol. The minimum Gasteiger partial charge on any atom is -0.394 e. The zero-order valence-electron chi connectivity index (χ0n) is 15.5. The third kappa shape index (κ3) is 6.80. The highest BCUT2D eigenvalue weighted by molar-refractivity contribution is 5.55. The van der Waals surface area contributed by atoms with Gasteiger partial charge in [0.2, 0.25) is 0 Å². The van der Waals surface area contributed by atoms with Gasteiger partial charge in [0.1, 0.15) is 0 Å². The third-order valence-electron chi connectivity index (χ3n) is 4.69. The second-order valence-electron chi connectivity index (χ2n) is 6.85. The van der Waals surface area contributed by atoms with Crippen molar-refractivity contribution in [3.05, 3.63) is 29.3 Å². The molecule has 4 heteroatoms. The molecule has 0 amide bonds. The number of aryl methyl sites for hydroxylation is 1. The molecule has 0 saturated heterocycles. The van der Waals surface area contributed by atoms with Crippen molar-refractivity contribution in [2.45, 2.75) is 70.8 Å². The van der Waals surface area contributed by atoms with Crippen LogP contribution in [0.4, 0.5) is 5.69 Å². The van der Waals surface area contributed by atoms with E-state index in [1.54, 1.807) is 0 Å². The van der Waals surface area contributed by atoms with E-state index in [4.69, 9.17) is 5.73 Å². The van der Waals surface area contributed by atoms with Crippen molar-refractivity contribution in [3.8, 4) is 0 Å². The molecule has 24 heavy (non-hydrogen) atoms. The predicted molar refractivity (Wildman–Crippen MR) is 102 cm³/mol. The molecule has 0 saturated carbocycles. The number of anilines is 1. The van der Waals surface area contributed by atoms with E-state index in [0.717, 1.165) is 18.5 Å². The minimum atomic E-state index is -0.986. The lowest BCUT2D eigenvalue weighted by molar-refractivity contribution is 0.129. The zero-order chi connectivity index (χ0) is 17.8. The first kappa shape index (κ1) is 20.9. The number of benzene rings is 1. The third-order valence-corrected chi connectivity index (χ3v) is 4.69. The lowest BCUT2D eigenvalue weighted by Gasteiger charge is -2.26. The Bertz CT molecular complexity index is 459. The predicted octanol–water partition coefficient (Wildman–Crippen LogP) is 3.25. The van der Waals surface area contributed by atoms with Crippen LogP contribution in [0, 0.1) is 0 Å². The van der Waals surface area contributed by atoms with Crippen LogP contribution in [0.5, 0.6) is 0 Å². The molecular formula is C20H36N2O2. The average molecular weight is 337 g/mol. The number of rotatable bonds is 13. The number of nitrogens with two attached hydrogens (primary N) is 1. The summed E-state index contributed by atoms with van der Waals surface area (Å²) in [6.45, 7) is 4.28. The van der Waals surface area contributed by atoms with Crippen molar-refractivity contribution >= 4 is 5.69 Å². The molecule has 4 nitrogen and oxygen atoms in total. The summed E-state index contributed by atoms with van der Waals surface area (Å²) < 4.78 is 0. The van der Waals surface area contributed by atoms with E-state index in [2.05, 4.69) is 37.4 Å². The summed E-state index contributed by atoms with van der Waals surface area (Å²) in [5.41, 5.74) is 8.75. The fourth-order valence-corrected chi connectivity index (χ4v) is 2.98. The lowest BCUT2D eigenvalue weighted by Crippen LogP contribution is -2.53. The maximum atomic E-state index is 9.32. The summed E-state index contributed by atoms with van der Waals surface area (Å²) in [5, 5.41) is 22.0. The van der Waals surface area contributed by atoms with Crippen molar-refractivity contribution in [1.29, 1.82) is 0 Å². The van der Waals surface area contributed by atoms with Crippen molar-refractivity contribution < 1.29 is 10.2 Å². The molecule has 1 aromatic rings. The Kier molecular flexibility index (Phi) is 9.99. The van der Waals surface area contributed by atoms with E-state index in [-0.39, 0.29) is 13.2 Å². The van der Waals surface area contributed by atoms with Crippen molar-refractivity contribution in [2.75, 3.05) is 25.1 Å². The first-order chi connectivity index (χ1) is 11.6. The summed E-state index contributed by atoms with van der Waals surface area (Å²) in [4.78, 5) is 0. The average Bonchev–Trinajstić information content (AvgIpc) is 2.62. The molecule has 0 atom stereocenters. The number of hydrogen-bond acceptors (Lipinski definition) is 4. The molecule has 0 aliphatic rings. The van der Waals surface area contributed by atoms with E-state index in [1.807, 2.05) is 0 Å². The van der Waals surface area contributed by atoms with Crippen molar-refractivity contribution in [3.63, 3.8) is 0 Å². The summed E-state index contributed by atoms with van der Waals surface area (Å²) in [6.07, 6.45) is 9.91. The molecule has 0 heterocycles. The summed E-state index contributed by atoms with van der Waals surface area (Å²) in [7, 11) is 0. The van der Waals surface area contributed by atoms with Gasteiger partial charge in [0, 0.05) is 12.2 Å². The molecule has 0 aliphatic carbocycles. The van der Waals surface area contributed by atoms with E-state index in [0.29, 0.717) is 6.54 Å². The van der Waals surface area contributed by atoms with Gasteiger partial charge in [-0.2, -0.15) is 0 Å². The van der Waals surface area contributed by atoms with Gasteiger partial charge >= 0.3 is 0 Å². The standard InChI is InChI=1S/C20H36N2O2/c1-3-5-6-7-8-9-11-17-12-10-13-19(18(17)4-2)22-14-20(21,15-23)16-24/h10,12-13,22-24H,3-9,11,14-16,21H2,1-2H3. The van der Waals surface area contributed by atoms with Gasteiger partial charge in [0.05, 0.1) is 18.8 Å². The highest BCUT2D eigenvalue weighted by Crippen LogP contribution is 2.23. The number of nitrogens with one attached hydrogen (secondary N) is 1. The Labute approximate surface area is 147 Å². The minimum absolute atomic E-state index is 0.241. The van der Waals surface area contributed by atoms with Crippen LogP contribution in [-0.4, -0.2) is 35.5 Å². The van der Waals surface area contributed by atoms with Gasteiger partial charge in [-0.05, 0) is 36.5 Å². The number of aliphatic hydroxyl groups excluding tert-OH is 2. The first-order valence-electron chi connectivity index (χ1n) is 9.45. The van der Waals surface area contributed by atoms with Gasteiger partial charge in [-0.25, -0.2) is 0 Å². The number of unbranched alkanes of at least 4 members (excludes halogenated alkanes) is 5. The smallest absolute Gasteiger partial charge is 0.0797 e. The Balaban J connectivity index is 2.61. The normalized spacial score (nSPS) is 11.7. The van der Waals surface area contributed by atoms with Crippen LogP contribution in [0.25, 0.3) is 0 Å². The molecule has 138 valence electrons. The van der Waals surface area contributed by atoms with Crippen LogP contribution in [0.3, 0.4) is 0 Å². The second-order valence-corrected chi connectivity index (χ2v) is 6.85. The highest BCUT2D eigenvalue weighted by Gasteiger charge is 2.23. The zero-order valence-corrected chi connectivity index (χ0v) is 15.5. The van der Waals surface area contributed by atoms with Gasteiger partial charge < -0.3 is 21.3 Å². The number of aliphatic hydroxyl groups is 2. The molecule has 0 spiro atoms.